The zero-order valence-electron chi connectivity index (χ0n) is 11.2. The first-order valence-corrected chi connectivity index (χ1v) is 7.83. The van der Waals surface area contributed by atoms with E-state index in [1.54, 1.807) is 0 Å². The average Bonchev–Trinajstić information content (AvgIpc) is 2.97. The number of hydrogen-bond acceptors (Lipinski definition) is 1. The Balaban J connectivity index is 1.81. The van der Waals surface area contributed by atoms with Crippen LogP contribution in [-0.2, 0) is 5.88 Å². The first kappa shape index (κ1) is 13.8. The van der Waals surface area contributed by atoms with Gasteiger partial charge in [-0.25, -0.2) is 0 Å². The highest BCUT2D eigenvalue weighted by Crippen LogP contribution is 2.34. The minimum Gasteiger partial charge on any atom is -0.371 e. The molecule has 0 saturated carbocycles. The van der Waals surface area contributed by atoms with Crippen LogP contribution in [0.5, 0.6) is 0 Å². The van der Waals surface area contributed by atoms with Gasteiger partial charge in [-0.05, 0) is 35.7 Å². The molecule has 104 valence electrons. The number of rotatable bonds is 3. The third-order valence-electron chi connectivity index (χ3n) is 3.99. The lowest BCUT2D eigenvalue weighted by Crippen LogP contribution is -2.20. The molecule has 1 aliphatic heterocycles. The predicted octanol–water partition coefficient (Wildman–Crippen LogP) is 5.07. The van der Waals surface area contributed by atoms with Gasteiger partial charge in [0.1, 0.15) is 0 Å². The zero-order valence-corrected chi connectivity index (χ0v) is 12.7. The Morgan fingerprint density at radius 1 is 1.10 bits per heavy atom. The van der Waals surface area contributed by atoms with E-state index in [0.29, 0.717) is 11.8 Å². The van der Waals surface area contributed by atoms with Crippen LogP contribution in [0.25, 0.3) is 0 Å². The second-order valence-electron chi connectivity index (χ2n) is 5.25. The molecule has 3 rings (SSSR count). The highest BCUT2D eigenvalue weighted by molar-refractivity contribution is 6.30. The van der Waals surface area contributed by atoms with Gasteiger partial charge in [0.05, 0.1) is 0 Å². The van der Waals surface area contributed by atoms with Crippen LogP contribution in [0.3, 0.4) is 0 Å². The average molecular weight is 306 g/mol. The SMILES string of the molecule is ClCc1cc(Cl)ccc1N1CCC(c2ccccc2)C1. The molecule has 2 aromatic rings. The molecule has 1 fully saturated rings. The van der Waals surface area contributed by atoms with Crippen molar-refractivity contribution >= 4 is 28.9 Å². The van der Waals surface area contributed by atoms with Crippen molar-refractivity contribution in [3.05, 3.63) is 64.7 Å². The van der Waals surface area contributed by atoms with Crippen LogP contribution in [0.1, 0.15) is 23.5 Å². The first-order valence-electron chi connectivity index (χ1n) is 6.92. The molecule has 3 heteroatoms. The molecule has 2 aromatic carbocycles. The highest BCUT2D eigenvalue weighted by Gasteiger charge is 2.25. The molecule has 1 atom stereocenters. The number of anilines is 1. The molecule has 0 aromatic heterocycles. The normalized spacial score (nSPS) is 18.5. The lowest BCUT2D eigenvalue weighted by atomic mass is 9.99. The number of benzene rings is 2. The summed E-state index contributed by atoms with van der Waals surface area (Å²) in [4.78, 5) is 2.42. The van der Waals surface area contributed by atoms with Crippen molar-refractivity contribution in [2.75, 3.05) is 18.0 Å². The smallest absolute Gasteiger partial charge is 0.0495 e. The summed E-state index contributed by atoms with van der Waals surface area (Å²) in [5.41, 5.74) is 3.77. The molecule has 0 radical (unpaired) electrons. The summed E-state index contributed by atoms with van der Waals surface area (Å²) in [5, 5.41) is 0.753. The lowest BCUT2D eigenvalue weighted by Gasteiger charge is -2.22. The van der Waals surface area contributed by atoms with Crippen molar-refractivity contribution in [2.24, 2.45) is 0 Å². The van der Waals surface area contributed by atoms with Crippen molar-refractivity contribution in [3.8, 4) is 0 Å². The Morgan fingerprint density at radius 3 is 2.65 bits per heavy atom. The lowest BCUT2D eigenvalue weighted by molar-refractivity contribution is 0.775. The van der Waals surface area contributed by atoms with Gasteiger partial charge >= 0.3 is 0 Å². The van der Waals surface area contributed by atoms with Crippen molar-refractivity contribution in [1.29, 1.82) is 0 Å². The molecule has 1 nitrogen and oxygen atoms in total. The molecule has 0 aliphatic carbocycles. The van der Waals surface area contributed by atoms with E-state index in [9.17, 15) is 0 Å². The van der Waals surface area contributed by atoms with Crippen LogP contribution in [-0.4, -0.2) is 13.1 Å². The summed E-state index contributed by atoms with van der Waals surface area (Å²) >= 11 is 12.1. The summed E-state index contributed by atoms with van der Waals surface area (Å²) in [6.07, 6.45) is 1.19. The van der Waals surface area contributed by atoms with Crippen molar-refractivity contribution in [2.45, 2.75) is 18.2 Å². The predicted molar refractivity (Wildman–Crippen MR) is 87.0 cm³/mol. The third-order valence-corrected chi connectivity index (χ3v) is 4.51. The Bertz CT molecular complexity index is 583. The van der Waals surface area contributed by atoms with E-state index in [2.05, 4.69) is 41.3 Å². The second kappa shape index (κ2) is 6.07. The van der Waals surface area contributed by atoms with E-state index in [0.717, 1.165) is 23.7 Å². The topological polar surface area (TPSA) is 3.24 Å². The van der Waals surface area contributed by atoms with Crippen LogP contribution in [0.4, 0.5) is 5.69 Å². The standard InChI is InChI=1S/C17H17Cl2N/c18-11-15-10-16(19)6-7-17(15)20-9-8-14(12-20)13-4-2-1-3-5-13/h1-7,10,14H,8-9,11-12H2. The van der Waals surface area contributed by atoms with Gasteiger partial charge in [-0.2, -0.15) is 0 Å². The Hall–Kier alpha value is -1.18. The number of alkyl halides is 1. The van der Waals surface area contributed by atoms with Gasteiger partial charge in [0.2, 0.25) is 0 Å². The number of halogens is 2. The summed E-state index contributed by atoms with van der Waals surface area (Å²) in [5.74, 6) is 1.11. The van der Waals surface area contributed by atoms with Gasteiger partial charge in [-0.3, -0.25) is 0 Å². The van der Waals surface area contributed by atoms with Crippen LogP contribution >= 0.6 is 23.2 Å². The summed E-state index contributed by atoms with van der Waals surface area (Å²) in [6, 6.07) is 16.8. The van der Waals surface area contributed by atoms with E-state index >= 15 is 0 Å². The molecular formula is C17H17Cl2N. The van der Waals surface area contributed by atoms with Crippen molar-refractivity contribution < 1.29 is 0 Å². The molecule has 20 heavy (non-hydrogen) atoms. The molecular weight excluding hydrogens is 289 g/mol. The molecule has 1 heterocycles. The first-order chi connectivity index (χ1) is 9.78. The molecule has 0 spiro atoms. The molecule has 1 saturated heterocycles. The quantitative estimate of drug-likeness (QED) is 0.715. The van der Waals surface area contributed by atoms with Crippen LogP contribution in [0.2, 0.25) is 5.02 Å². The van der Waals surface area contributed by atoms with E-state index < -0.39 is 0 Å². The van der Waals surface area contributed by atoms with Crippen LogP contribution in [0.15, 0.2) is 48.5 Å². The minimum atomic E-state index is 0.502. The Morgan fingerprint density at radius 2 is 1.90 bits per heavy atom. The Labute approximate surface area is 130 Å². The van der Waals surface area contributed by atoms with E-state index in [-0.39, 0.29) is 0 Å². The number of nitrogens with zero attached hydrogens (tertiary/aromatic N) is 1. The van der Waals surface area contributed by atoms with Gasteiger partial charge in [0.25, 0.3) is 0 Å². The number of hydrogen-bond donors (Lipinski definition) is 0. The van der Waals surface area contributed by atoms with Gasteiger partial charge in [0, 0.05) is 35.6 Å². The zero-order chi connectivity index (χ0) is 13.9. The van der Waals surface area contributed by atoms with Crippen molar-refractivity contribution in [1.82, 2.24) is 0 Å². The maximum Gasteiger partial charge on any atom is 0.0495 e. The fourth-order valence-electron chi connectivity index (χ4n) is 2.95. The highest BCUT2D eigenvalue weighted by atomic mass is 35.5. The molecule has 1 unspecified atom stereocenters. The second-order valence-corrected chi connectivity index (χ2v) is 5.95. The van der Waals surface area contributed by atoms with E-state index in [4.69, 9.17) is 23.2 Å². The Kier molecular flexibility index (Phi) is 4.18. The van der Waals surface area contributed by atoms with Crippen LogP contribution < -0.4 is 4.90 Å². The van der Waals surface area contributed by atoms with E-state index in [1.807, 2.05) is 12.1 Å². The molecule has 0 N–H and O–H groups in total. The van der Waals surface area contributed by atoms with Gasteiger partial charge in [-0.15, -0.1) is 11.6 Å². The largest absolute Gasteiger partial charge is 0.371 e. The van der Waals surface area contributed by atoms with Gasteiger partial charge in [-0.1, -0.05) is 41.9 Å². The minimum absolute atomic E-state index is 0.502. The fraction of sp³-hybridized carbons (Fsp3) is 0.294. The maximum absolute atomic E-state index is 6.05. The van der Waals surface area contributed by atoms with Crippen molar-refractivity contribution in [3.63, 3.8) is 0 Å². The summed E-state index contributed by atoms with van der Waals surface area (Å²) < 4.78 is 0. The summed E-state index contributed by atoms with van der Waals surface area (Å²) in [6.45, 7) is 2.13. The molecule has 0 amide bonds. The fourth-order valence-corrected chi connectivity index (χ4v) is 3.35. The van der Waals surface area contributed by atoms with Crippen LogP contribution in [0, 0.1) is 0 Å². The van der Waals surface area contributed by atoms with Gasteiger partial charge < -0.3 is 4.90 Å². The van der Waals surface area contributed by atoms with Gasteiger partial charge in [0.15, 0.2) is 0 Å². The third kappa shape index (κ3) is 2.79. The monoisotopic (exact) mass is 305 g/mol. The van der Waals surface area contributed by atoms with E-state index in [1.165, 1.54) is 17.7 Å². The molecule has 1 aliphatic rings. The maximum atomic E-state index is 6.05. The summed E-state index contributed by atoms with van der Waals surface area (Å²) in [7, 11) is 0. The molecule has 0 bridgehead atoms.